The summed E-state index contributed by atoms with van der Waals surface area (Å²) < 4.78 is 2.03. The number of benzene rings is 2. The Labute approximate surface area is 139 Å². The molecule has 0 aliphatic rings. The van der Waals surface area contributed by atoms with E-state index in [-0.39, 0.29) is 0 Å². The van der Waals surface area contributed by atoms with Crippen molar-refractivity contribution in [3.8, 4) is 6.07 Å². The Bertz CT molecular complexity index is 834. The van der Waals surface area contributed by atoms with Crippen molar-refractivity contribution in [2.45, 2.75) is 17.3 Å². The summed E-state index contributed by atoms with van der Waals surface area (Å²) in [4.78, 5) is 0. The Morgan fingerprint density at radius 1 is 1.04 bits per heavy atom. The summed E-state index contributed by atoms with van der Waals surface area (Å²) in [5, 5.41) is 18.4. The Balaban J connectivity index is 1.68. The lowest BCUT2D eigenvalue weighted by atomic mass is 10.1. The summed E-state index contributed by atoms with van der Waals surface area (Å²) in [6.07, 6.45) is 0.773. The van der Waals surface area contributed by atoms with Gasteiger partial charge in [0.05, 0.1) is 11.6 Å². The molecular weight excluding hydrogens is 304 g/mol. The van der Waals surface area contributed by atoms with Crippen LogP contribution in [0.3, 0.4) is 0 Å². The molecule has 1 aromatic heterocycles. The molecule has 3 aromatic rings. The molecule has 0 spiro atoms. The van der Waals surface area contributed by atoms with Gasteiger partial charge in [-0.15, -0.1) is 10.2 Å². The highest BCUT2D eigenvalue weighted by Crippen LogP contribution is 2.22. The smallest absolute Gasteiger partial charge is 0.191 e. The number of aromatic nitrogens is 3. The van der Waals surface area contributed by atoms with E-state index in [1.54, 1.807) is 11.8 Å². The number of nitrogens with zero attached hydrogens (tertiary/aromatic N) is 4. The quantitative estimate of drug-likeness (QED) is 0.674. The largest absolute Gasteiger partial charge is 0.309 e. The van der Waals surface area contributed by atoms with Crippen LogP contribution in [0, 0.1) is 11.3 Å². The maximum atomic E-state index is 8.95. The SMILES string of the molecule is Cn1c(Cc2ccccc2)nnc1SCc1cccc(C#N)c1. The lowest BCUT2D eigenvalue weighted by Gasteiger charge is -2.04. The zero-order chi connectivity index (χ0) is 16.1. The van der Waals surface area contributed by atoms with Gasteiger partial charge in [0.1, 0.15) is 5.82 Å². The first-order valence-corrected chi connectivity index (χ1v) is 8.29. The minimum atomic E-state index is 0.686. The van der Waals surface area contributed by atoms with Crippen molar-refractivity contribution in [3.63, 3.8) is 0 Å². The van der Waals surface area contributed by atoms with E-state index in [1.165, 1.54) is 5.56 Å². The van der Waals surface area contributed by atoms with Gasteiger partial charge in [-0.1, -0.05) is 54.2 Å². The highest BCUT2D eigenvalue weighted by atomic mass is 32.2. The van der Waals surface area contributed by atoms with Gasteiger partial charge in [-0.05, 0) is 23.3 Å². The maximum absolute atomic E-state index is 8.95. The van der Waals surface area contributed by atoms with E-state index in [2.05, 4.69) is 28.4 Å². The Hall–Kier alpha value is -2.58. The summed E-state index contributed by atoms with van der Waals surface area (Å²) in [6.45, 7) is 0. The summed E-state index contributed by atoms with van der Waals surface area (Å²) in [6, 6.07) is 20.1. The van der Waals surface area contributed by atoms with Crippen LogP contribution in [0.1, 0.15) is 22.5 Å². The van der Waals surface area contributed by atoms with Crippen molar-refractivity contribution in [1.82, 2.24) is 14.8 Å². The highest BCUT2D eigenvalue weighted by molar-refractivity contribution is 7.98. The summed E-state index contributed by atoms with van der Waals surface area (Å²) in [7, 11) is 1.99. The molecule has 0 bridgehead atoms. The topological polar surface area (TPSA) is 54.5 Å². The van der Waals surface area contributed by atoms with Crippen LogP contribution in [-0.4, -0.2) is 14.8 Å². The van der Waals surface area contributed by atoms with Crippen LogP contribution in [0.2, 0.25) is 0 Å². The normalized spacial score (nSPS) is 10.4. The molecule has 4 nitrogen and oxygen atoms in total. The fourth-order valence-electron chi connectivity index (χ4n) is 2.28. The van der Waals surface area contributed by atoms with E-state index in [9.17, 15) is 0 Å². The van der Waals surface area contributed by atoms with Gasteiger partial charge >= 0.3 is 0 Å². The Morgan fingerprint density at radius 2 is 1.83 bits per heavy atom. The van der Waals surface area contributed by atoms with Crippen molar-refractivity contribution in [1.29, 1.82) is 5.26 Å². The molecule has 3 rings (SSSR count). The third-order valence-electron chi connectivity index (χ3n) is 3.55. The van der Waals surface area contributed by atoms with Crippen LogP contribution in [0.5, 0.6) is 0 Å². The first-order valence-electron chi connectivity index (χ1n) is 7.30. The lowest BCUT2D eigenvalue weighted by molar-refractivity contribution is 0.749. The summed E-state index contributed by atoms with van der Waals surface area (Å²) in [5.74, 6) is 1.72. The van der Waals surface area contributed by atoms with Crippen LogP contribution < -0.4 is 0 Å². The predicted octanol–water partition coefficient (Wildman–Crippen LogP) is 3.57. The standard InChI is InChI=1S/C18H16N4S/c1-22-17(11-14-6-3-2-4-7-14)20-21-18(22)23-13-16-9-5-8-15(10-16)12-19/h2-10H,11,13H2,1H3. The van der Waals surface area contributed by atoms with Crippen LogP contribution >= 0.6 is 11.8 Å². The van der Waals surface area contributed by atoms with Gasteiger partial charge in [0.15, 0.2) is 5.16 Å². The van der Waals surface area contributed by atoms with E-state index >= 15 is 0 Å². The molecule has 0 fully saturated rings. The molecule has 0 atom stereocenters. The van der Waals surface area contributed by atoms with Crippen molar-refractivity contribution in [2.24, 2.45) is 7.05 Å². The van der Waals surface area contributed by atoms with Gasteiger partial charge in [0.25, 0.3) is 0 Å². The molecule has 5 heteroatoms. The van der Waals surface area contributed by atoms with Crippen LogP contribution in [-0.2, 0) is 19.2 Å². The maximum Gasteiger partial charge on any atom is 0.191 e. The molecule has 0 amide bonds. The minimum Gasteiger partial charge on any atom is -0.309 e. The average Bonchev–Trinajstić information content (AvgIpc) is 2.94. The number of thioether (sulfide) groups is 1. The van der Waals surface area contributed by atoms with Crippen LogP contribution in [0.4, 0.5) is 0 Å². The molecule has 0 aliphatic carbocycles. The highest BCUT2D eigenvalue weighted by Gasteiger charge is 2.10. The zero-order valence-electron chi connectivity index (χ0n) is 12.8. The fourth-order valence-corrected chi connectivity index (χ4v) is 3.15. The third kappa shape index (κ3) is 3.79. The van der Waals surface area contributed by atoms with Gasteiger partial charge < -0.3 is 4.57 Å². The number of nitriles is 1. The van der Waals surface area contributed by atoms with Crippen molar-refractivity contribution < 1.29 is 0 Å². The molecular formula is C18H16N4S. The molecule has 2 aromatic carbocycles. The first-order chi connectivity index (χ1) is 11.3. The van der Waals surface area contributed by atoms with E-state index in [1.807, 2.05) is 54.1 Å². The van der Waals surface area contributed by atoms with Gasteiger partial charge in [-0.25, -0.2) is 0 Å². The molecule has 0 radical (unpaired) electrons. The lowest BCUT2D eigenvalue weighted by Crippen LogP contribution is -2.00. The average molecular weight is 320 g/mol. The van der Waals surface area contributed by atoms with Crippen molar-refractivity contribution in [3.05, 3.63) is 77.1 Å². The zero-order valence-corrected chi connectivity index (χ0v) is 13.6. The number of rotatable bonds is 5. The minimum absolute atomic E-state index is 0.686. The van der Waals surface area contributed by atoms with Crippen LogP contribution in [0.25, 0.3) is 0 Å². The summed E-state index contributed by atoms with van der Waals surface area (Å²) >= 11 is 1.63. The number of hydrogen-bond acceptors (Lipinski definition) is 4. The van der Waals surface area contributed by atoms with E-state index < -0.39 is 0 Å². The van der Waals surface area contributed by atoms with Gasteiger partial charge in [0.2, 0.25) is 0 Å². The second-order valence-corrected chi connectivity index (χ2v) is 6.16. The van der Waals surface area contributed by atoms with E-state index in [4.69, 9.17) is 5.26 Å². The van der Waals surface area contributed by atoms with Crippen molar-refractivity contribution in [2.75, 3.05) is 0 Å². The predicted molar refractivity (Wildman–Crippen MR) is 91.0 cm³/mol. The van der Waals surface area contributed by atoms with Crippen LogP contribution in [0.15, 0.2) is 59.8 Å². The molecule has 1 heterocycles. The van der Waals surface area contributed by atoms with E-state index in [0.717, 1.165) is 28.7 Å². The van der Waals surface area contributed by atoms with Gasteiger partial charge in [-0.2, -0.15) is 5.26 Å². The molecule has 0 N–H and O–H groups in total. The fraction of sp³-hybridized carbons (Fsp3) is 0.167. The monoisotopic (exact) mass is 320 g/mol. The summed E-state index contributed by atoms with van der Waals surface area (Å²) in [5.41, 5.74) is 3.02. The second-order valence-electron chi connectivity index (χ2n) is 5.22. The molecule has 114 valence electrons. The molecule has 0 aliphatic heterocycles. The molecule has 23 heavy (non-hydrogen) atoms. The molecule has 0 saturated heterocycles. The third-order valence-corrected chi connectivity index (χ3v) is 4.65. The first kappa shape index (κ1) is 15.3. The number of hydrogen-bond donors (Lipinski definition) is 0. The van der Waals surface area contributed by atoms with E-state index in [0.29, 0.717) is 5.56 Å². The molecule has 0 saturated carbocycles. The van der Waals surface area contributed by atoms with Gasteiger partial charge in [0, 0.05) is 19.2 Å². The van der Waals surface area contributed by atoms with Gasteiger partial charge in [-0.3, -0.25) is 0 Å². The van der Waals surface area contributed by atoms with Crippen molar-refractivity contribution >= 4 is 11.8 Å². The Kier molecular flexibility index (Phi) is 4.74. The molecule has 0 unspecified atom stereocenters. The second kappa shape index (κ2) is 7.12. The Morgan fingerprint density at radius 3 is 2.61 bits per heavy atom.